The van der Waals surface area contributed by atoms with Crippen molar-refractivity contribution >= 4 is 11.4 Å². The van der Waals surface area contributed by atoms with E-state index in [9.17, 15) is 0 Å². The van der Waals surface area contributed by atoms with Gasteiger partial charge in [-0.3, -0.25) is 0 Å². The standard InChI is InChI=1S/C16H20N/c1-11-9-12(2)17-14-8-6-5-7-13(14)16(3,4)15(17)10-11/h5-9,15H,10H2,1-4H3/q+1. The van der Waals surface area contributed by atoms with Crippen molar-refractivity contribution in [2.75, 3.05) is 0 Å². The highest BCUT2D eigenvalue weighted by atomic mass is 15.1. The minimum Gasteiger partial charge on any atom is -0.192 e. The third kappa shape index (κ3) is 1.35. The van der Waals surface area contributed by atoms with Gasteiger partial charge in [0, 0.05) is 31.1 Å². The van der Waals surface area contributed by atoms with Crippen molar-refractivity contribution in [2.24, 2.45) is 0 Å². The van der Waals surface area contributed by atoms with E-state index in [0.29, 0.717) is 6.04 Å². The number of fused-ring (bicyclic) bond motifs is 3. The summed E-state index contributed by atoms with van der Waals surface area (Å²) in [5.74, 6) is 0. The molecule has 0 aromatic heterocycles. The first-order valence-corrected chi connectivity index (χ1v) is 6.41. The van der Waals surface area contributed by atoms with Crippen LogP contribution in [0.4, 0.5) is 5.69 Å². The van der Waals surface area contributed by atoms with Crippen molar-refractivity contribution in [3.8, 4) is 0 Å². The van der Waals surface area contributed by atoms with E-state index < -0.39 is 0 Å². The lowest BCUT2D eigenvalue weighted by atomic mass is 9.77. The van der Waals surface area contributed by atoms with E-state index in [4.69, 9.17) is 0 Å². The molecule has 0 spiro atoms. The number of nitrogens with zero attached hydrogens (tertiary/aromatic N) is 1. The number of allylic oxidation sites excluding steroid dienone is 1. The second-order valence-electron chi connectivity index (χ2n) is 5.96. The molecule has 0 fully saturated rings. The molecule has 0 saturated carbocycles. The van der Waals surface area contributed by atoms with Gasteiger partial charge in [-0.15, -0.1) is 0 Å². The molecule has 1 aromatic carbocycles. The summed E-state index contributed by atoms with van der Waals surface area (Å²) in [4.78, 5) is 0. The van der Waals surface area contributed by atoms with Crippen LogP contribution in [0.5, 0.6) is 0 Å². The zero-order valence-corrected chi connectivity index (χ0v) is 11.1. The van der Waals surface area contributed by atoms with Gasteiger partial charge >= 0.3 is 0 Å². The maximum atomic E-state index is 2.53. The van der Waals surface area contributed by atoms with Crippen molar-refractivity contribution in [1.82, 2.24) is 0 Å². The van der Waals surface area contributed by atoms with E-state index in [0.717, 1.165) is 0 Å². The van der Waals surface area contributed by atoms with Crippen LogP contribution in [-0.2, 0) is 5.41 Å². The predicted molar refractivity (Wildman–Crippen MR) is 72.2 cm³/mol. The minimum atomic E-state index is 0.243. The monoisotopic (exact) mass is 226 g/mol. The summed E-state index contributed by atoms with van der Waals surface area (Å²) in [7, 11) is 0. The molecule has 17 heavy (non-hydrogen) atoms. The maximum Gasteiger partial charge on any atom is 0.209 e. The molecule has 2 heterocycles. The van der Waals surface area contributed by atoms with Crippen molar-refractivity contribution in [1.29, 1.82) is 0 Å². The summed E-state index contributed by atoms with van der Waals surface area (Å²) in [6.07, 6.45) is 3.51. The van der Waals surface area contributed by atoms with Crippen molar-refractivity contribution in [3.63, 3.8) is 0 Å². The minimum absolute atomic E-state index is 0.243. The Balaban J connectivity index is 2.30. The van der Waals surface area contributed by atoms with Crippen LogP contribution in [0.15, 0.2) is 35.9 Å². The van der Waals surface area contributed by atoms with Crippen LogP contribution < -0.4 is 0 Å². The molecular weight excluding hydrogens is 206 g/mol. The largest absolute Gasteiger partial charge is 0.209 e. The Kier molecular flexibility index (Phi) is 2.10. The Morgan fingerprint density at radius 2 is 1.88 bits per heavy atom. The van der Waals surface area contributed by atoms with Crippen molar-refractivity contribution < 1.29 is 4.58 Å². The Bertz CT molecular complexity index is 546. The molecule has 1 nitrogen and oxygen atoms in total. The average Bonchev–Trinajstić information content (AvgIpc) is 2.49. The topological polar surface area (TPSA) is 3.01 Å². The molecule has 1 atom stereocenters. The highest BCUT2D eigenvalue weighted by Crippen LogP contribution is 2.47. The lowest BCUT2D eigenvalue weighted by Crippen LogP contribution is -2.38. The zero-order chi connectivity index (χ0) is 12.2. The van der Waals surface area contributed by atoms with Gasteiger partial charge in [-0.1, -0.05) is 23.8 Å². The van der Waals surface area contributed by atoms with Crippen LogP contribution in [-0.4, -0.2) is 16.3 Å². The fourth-order valence-electron chi connectivity index (χ4n) is 3.47. The van der Waals surface area contributed by atoms with Gasteiger partial charge in [-0.25, -0.2) is 0 Å². The molecule has 0 bridgehead atoms. The van der Waals surface area contributed by atoms with Gasteiger partial charge in [0.1, 0.15) is 0 Å². The summed E-state index contributed by atoms with van der Waals surface area (Å²) < 4.78 is 2.53. The first-order chi connectivity index (χ1) is 8.01. The van der Waals surface area contributed by atoms with Crippen LogP contribution in [0.2, 0.25) is 0 Å². The number of hydrogen-bond donors (Lipinski definition) is 0. The van der Waals surface area contributed by atoms with Gasteiger partial charge in [0.2, 0.25) is 5.69 Å². The SMILES string of the molecule is CC1=CC(C)=[N+]2c3ccccc3C(C)(C)C2C1. The number of rotatable bonds is 0. The van der Waals surface area contributed by atoms with E-state index in [1.807, 2.05) is 0 Å². The molecule has 0 radical (unpaired) electrons. The molecule has 88 valence electrons. The highest BCUT2D eigenvalue weighted by Gasteiger charge is 2.51. The number of hydrogen-bond acceptors (Lipinski definition) is 0. The number of para-hydroxylation sites is 1. The molecule has 0 N–H and O–H groups in total. The molecule has 2 aliphatic rings. The van der Waals surface area contributed by atoms with Crippen LogP contribution in [0.25, 0.3) is 0 Å². The Morgan fingerprint density at radius 1 is 1.18 bits per heavy atom. The second kappa shape index (κ2) is 3.32. The molecule has 1 heteroatoms. The molecule has 2 aliphatic heterocycles. The smallest absolute Gasteiger partial charge is 0.192 e. The van der Waals surface area contributed by atoms with Gasteiger partial charge in [0.25, 0.3) is 0 Å². The molecule has 1 unspecified atom stereocenters. The fraction of sp³-hybridized carbons (Fsp3) is 0.438. The highest BCUT2D eigenvalue weighted by molar-refractivity contribution is 5.91. The Labute approximate surface area is 103 Å². The summed E-state index contributed by atoms with van der Waals surface area (Å²) in [6, 6.07) is 9.44. The van der Waals surface area contributed by atoms with Gasteiger partial charge in [0.05, 0.1) is 5.41 Å². The fourth-order valence-corrected chi connectivity index (χ4v) is 3.47. The van der Waals surface area contributed by atoms with Crippen LogP contribution in [0.1, 0.15) is 39.7 Å². The third-order valence-corrected chi connectivity index (χ3v) is 4.35. The van der Waals surface area contributed by atoms with Crippen LogP contribution in [0.3, 0.4) is 0 Å². The molecule has 0 saturated heterocycles. The van der Waals surface area contributed by atoms with Gasteiger partial charge in [-0.05, 0) is 20.8 Å². The predicted octanol–water partition coefficient (Wildman–Crippen LogP) is 3.80. The van der Waals surface area contributed by atoms with E-state index in [1.54, 1.807) is 0 Å². The lowest BCUT2D eigenvalue weighted by Gasteiger charge is -2.25. The van der Waals surface area contributed by atoms with E-state index in [1.165, 1.54) is 29.0 Å². The van der Waals surface area contributed by atoms with Crippen molar-refractivity contribution in [2.45, 2.75) is 45.6 Å². The van der Waals surface area contributed by atoms with E-state index >= 15 is 0 Å². The maximum absolute atomic E-state index is 2.53. The zero-order valence-electron chi connectivity index (χ0n) is 11.1. The first kappa shape index (κ1) is 10.8. The molecule has 0 aliphatic carbocycles. The summed E-state index contributed by atoms with van der Waals surface area (Å²) in [6.45, 7) is 9.23. The normalized spacial score (nSPS) is 25.4. The first-order valence-electron chi connectivity index (χ1n) is 6.41. The van der Waals surface area contributed by atoms with Gasteiger partial charge in [-0.2, -0.15) is 4.58 Å². The molecule has 1 aromatic rings. The Hall–Kier alpha value is -1.37. The number of benzene rings is 1. The molecular formula is C16H20N+. The van der Waals surface area contributed by atoms with Crippen molar-refractivity contribution in [3.05, 3.63) is 41.5 Å². The summed E-state index contributed by atoms with van der Waals surface area (Å²) in [5, 5.41) is 0. The van der Waals surface area contributed by atoms with E-state index in [2.05, 4.69) is 62.6 Å². The summed E-state index contributed by atoms with van der Waals surface area (Å²) in [5.41, 5.74) is 6.03. The molecule has 0 amide bonds. The van der Waals surface area contributed by atoms with Gasteiger partial charge in [0.15, 0.2) is 11.8 Å². The second-order valence-corrected chi connectivity index (χ2v) is 5.96. The van der Waals surface area contributed by atoms with Crippen LogP contribution >= 0.6 is 0 Å². The van der Waals surface area contributed by atoms with E-state index in [-0.39, 0.29) is 5.41 Å². The Morgan fingerprint density at radius 3 is 2.65 bits per heavy atom. The molecule has 3 rings (SSSR count). The lowest BCUT2D eigenvalue weighted by molar-refractivity contribution is -0.484. The third-order valence-electron chi connectivity index (χ3n) is 4.35. The summed E-state index contributed by atoms with van der Waals surface area (Å²) >= 11 is 0. The average molecular weight is 226 g/mol. The quantitative estimate of drug-likeness (QED) is 0.592. The van der Waals surface area contributed by atoms with Crippen LogP contribution in [0, 0.1) is 0 Å². The van der Waals surface area contributed by atoms with Gasteiger partial charge < -0.3 is 0 Å².